The fraction of sp³-hybridized carbons (Fsp3) is 0.200. The van der Waals surface area contributed by atoms with E-state index < -0.39 is 0 Å². The van der Waals surface area contributed by atoms with Gasteiger partial charge in [-0.25, -0.2) is 0 Å². The van der Waals surface area contributed by atoms with E-state index in [1.165, 1.54) is 0 Å². The van der Waals surface area contributed by atoms with Gasteiger partial charge < -0.3 is 9.30 Å². The standard InChI is InChI=1S/C15H13BrN2O2/c1-10-9-11(20-8-7-17)3-4-12(10)14-6-5-13(16)15(19)18(14)2/h3-6,9H,8H2,1-2H3. The van der Waals surface area contributed by atoms with Gasteiger partial charge in [0.1, 0.15) is 11.8 Å². The van der Waals surface area contributed by atoms with Crippen molar-refractivity contribution >= 4 is 15.9 Å². The molecule has 5 heteroatoms. The molecule has 0 bridgehead atoms. The van der Waals surface area contributed by atoms with Crippen LogP contribution in [0.3, 0.4) is 0 Å². The summed E-state index contributed by atoms with van der Waals surface area (Å²) in [5.41, 5.74) is 2.70. The number of benzene rings is 1. The van der Waals surface area contributed by atoms with E-state index in [1.807, 2.05) is 31.2 Å². The van der Waals surface area contributed by atoms with E-state index in [4.69, 9.17) is 10.00 Å². The molecule has 0 N–H and O–H groups in total. The smallest absolute Gasteiger partial charge is 0.265 e. The normalized spacial score (nSPS) is 10.1. The van der Waals surface area contributed by atoms with Crippen LogP contribution in [0.4, 0.5) is 0 Å². The zero-order chi connectivity index (χ0) is 14.7. The third-order valence-electron chi connectivity index (χ3n) is 3.04. The maximum Gasteiger partial charge on any atom is 0.265 e. The van der Waals surface area contributed by atoms with Gasteiger partial charge in [0.05, 0.1) is 10.2 Å². The first kappa shape index (κ1) is 14.4. The molecule has 20 heavy (non-hydrogen) atoms. The number of hydrogen-bond donors (Lipinski definition) is 0. The van der Waals surface area contributed by atoms with Gasteiger partial charge in [0.25, 0.3) is 5.56 Å². The Labute approximate surface area is 125 Å². The zero-order valence-corrected chi connectivity index (χ0v) is 12.8. The summed E-state index contributed by atoms with van der Waals surface area (Å²) in [5, 5.41) is 8.50. The lowest BCUT2D eigenvalue weighted by Crippen LogP contribution is -2.18. The van der Waals surface area contributed by atoms with Gasteiger partial charge in [0, 0.05) is 12.6 Å². The van der Waals surface area contributed by atoms with Crippen molar-refractivity contribution in [3.8, 4) is 23.1 Å². The number of pyridine rings is 1. The van der Waals surface area contributed by atoms with Gasteiger partial charge in [-0.3, -0.25) is 4.79 Å². The van der Waals surface area contributed by atoms with E-state index in [-0.39, 0.29) is 12.2 Å². The molecule has 1 heterocycles. The van der Waals surface area contributed by atoms with Crippen molar-refractivity contribution < 1.29 is 4.74 Å². The van der Waals surface area contributed by atoms with E-state index in [0.717, 1.165) is 16.8 Å². The molecule has 0 aliphatic carbocycles. The zero-order valence-electron chi connectivity index (χ0n) is 11.2. The predicted octanol–water partition coefficient (Wildman–Crippen LogP) is 3.03. The summed E-state index contributed by atoms with van der Waals surface area (Å²) in [5.74, 6) is 0.648. The molecule has 1 aromatic heterocycles. The van der Waals surface area contributed by atoms with Crippen LogP contribution < -0.4 is 10.3 Å². The van der Waals surface area contributed by atoms with Crippen LogP contribution >= 0.6 is 15.9 Å². The van der Waals surface area contributed by atoms with Crippen LogP contribution in [-0.4, -0.2) is 11.2 Å². The van der Waals surface area contributed by atoms with E-state index in [2.05, 4.69) is 15.9 Å². The second kappa shape index (κ2) is 5.93. The summed E-state index contributed by atoms with van der Waals surface area (Å²) in [6.45, 7) is 1.97. The van der Waals surface area contributed by atoms with E-state index in [9.17, 15) is 4.79 Å². The minimum Gasteiger partial charge on any atom is -0.479 e. The van der Waals surface area contributed by atoms with Gasteiger partial charge >= 0.3 is 0 Å². The SMILES string of the molecule is Cc1cc(OCC#N)ccc1-c1ccc(Br)c(=O)n1C. The fourth-order valence-electron chi connectivity index (χ4n) is 2.00. The third-order valence-corrected chi connectivity index (χ3v) is 3.64. The third kappa shape index (κ3) is 2.75. The summed E-state index contributed by atoms with van der Waals surface area (Å²) in [6, 6.07) is 11.1. The van der Waals surface area contributed by atoms with Gasteiger partial charge in [-0.05, 0) is 58.7 Å². The molecule has 0 saturated heterocycles. The van der Waals surface area contributed by atoms with Gasteiger partial charge in [0.15, 0.2) is 6.61 Å². The van der Waals surface area contributed by atoms with Crippen LogP contribution in [0.25, 0.3) is 11.3 Å². The van der Waals surface area contributed by atoms with Crippen LogP contribution in [-0.2, 0) is 7.05 Å². The lowest BCUT2D eigenvalue weighted by atomic mass is 10.0. The highest BCUT2D eigenvalue weighted by molar-refractivity contribution is 9.10. The number of hydrogen-bond acceptors (Lipinski definition) is 3. The molecule has 0 aliphatic rings. The summed E-state index contributed by atoms with van der Waals surface area (Å²) in [4.78, 5) is 11.9. The molecule has 102 valence electrons. The number of aromatic nitrogens is 1. The summed E-state index contributed by atoms with van der Waals surface area (Å²) < 4.78 is 7.40. The highest BCUT2D eigenvalue weighted by atomic mass is 79.9. The highest BCUT2D eigenvalue weighted by Gasteiger charge is 2.09. The first-order chi connectivity index (χ1) is 9.54. The van der Waals surface area contributed by atoms with Gasteiger partial charge in [-0.1, -0.05) is 0 Å². The number of aryl methyl sites for hydroxylation is 1. The van der Waals surface area contributed by atoms with E-state index >= 15 is 0 Å². The minimum atomic E-state index is -0.0771. The van der Waals surface area contributed by atoms with E-state index in [1.54, 1.807) is 23.7 Å². The van der Waals surface area contributed by atoms with Crippen molar-refractivity contribution in [2.75, 3.05) is 6.61 Å². The van der Waals surface area contributed by atoms with Crippen molar-refractivity contribution in [3.05, 3.63) is 50.7 Å². The predicted molar refractivity (Wildman–Crippen MR) is 80.7 cm³/mol. The van der Waals surface area contributed by atoms with Crippen LogP contribution in [0, 0.1) is 18.3 Å². The molecule has 4 nitrogen and oxygen atoms in total. The lowest BCUT2D eigenvalue weighted by molar-refractivity contribution is 0.368. The number of nitrogens with zero attached hydrogens (tertiary/aromatic N) is 2. The summed E-state index contributed by atoms with van der Waals surface area (Å²) in [7, 11) is 1.74. The maximum atomic E-state index is 11.9. The number of halogens is 1. The van der Waals surface area contributed by atoms with Crippen molar-refractivity contribution in [2.24, 2.45) is 7.05 Å². The van der Waals surface area contributed by atoms with Crippen molar-refractivity contribution in [1.82, 2.24) is 4.57 Å². The number of rotatable bonds is 3. The van der Waals surface area contributed by atoms with E-state index in [0.29, 0.717) is 10.2 Å². The largest absolute Gasteiger partial charge is 0.479 e. The van der Waals surface area contributed by atoms with Crippen molar-refractivity contribution in [2.45, 2.75) is 6.92 Å². The summed E-state index contributed by atoms with van der Waals surface area (Å²) in [6.07, 6.45) is 0. The molecule has 1 aromatic carbocycles. The molecule has 0 spiro atoms. The average Bonchev–Trinajstić information content (AvgIpc) is 2.44. The van der Waals surface area contributed by atoms with Crippen LogP contribution in [0.2, 0.25) is 0 Å². The first-order valence-corrected chi connectivity index (χ1v) is 6.80. The van der Waals surface area contributed by atoms with Crippen LogP contribution in [0.1, 0.15) is 5.56 Å². The Morgan fingerprint density at radius 3 is 2.75 bits per heavy atom. The van der Waals surface area contributed by atoms with Gasteiger partial charge in [0.2, 0.25) is 0 Å². The average molecular weight is 333 g/mol. The van der Waals surface area contributed by atoms with Crippen molar-refractivity contribution in [3.63, 3.8) is 0 Å². The molecule has 0 unspecified atom stereocenters. The molecule has 2 aromatic rings. The quantitative estimate of drug-likeness (QED) is 0.868. The number of nitriles is 1. The molecule has 0 aliphatic heterocycles. The number of ether oxygens (including phenoxy) is 1. The maximum absolute atomic E-state index is 11.9. The molecule has 0 radical (unpaired) electrons. The summed E-state index contributed by atoms with van der Waals surface area (Å²) >= 11 is 3.23. The molecular formula is C15H13BrN2O2. The molecular weight excluding hydrogens is 320 g/mol. The Bertz CT molecular complexity index is 745. The Balaban J connectivity index is 2.47. The molecule has 0 fully saturated rings. The minimum absolute atomic E-state index is 0.0234. The second-order valence-electron chi connectivity index (χ2n) is 4.35. The Hall–Kier alpha value is -2.06. The Morgan fingerprint density at radius 2 is 2.10 bits per heavy atom. The van der Waals surface area contributed by atoms with Gasteiger partial charge in [-0.2, -0.15) is 5.26 Å². The van der Waals surface area contributed by atoms with Crippen LogP contribution in [0.5, 0.6) is 5.75 Å². The first-order valence-electron chi connectivity index (χ1n) is 6.01. The lowest BCUT2D eigenvalue weighted by Gasteiger charge is -2.12. The monoisotopic (exact) mass is 332 g/mol. The molecule has 0 saturated carbocycles. The fourth-order valence-corrected chi connectivity index (χ4v) is 2.40. The topological polar surface area (TPSA) is 55.0 Å². The van der Waals surface area contributed by atoms with Crippen molar-refractivity contribution in [1.29, 1.82) is 5.26 Å². The van der Waals surface area contributed by atoms with Gasteiger partial charge in [-0.15, -0.1) is 0 Å². The molecule has 0 amide bonds. The molecule has 2 rings (SSSR count). The Kier molecular flexibility index (Phi) is 4.26. The van der Waals surface area contributed by atoms with Crippen LogP contribution in [0.15, 0.2) is 39.6 Å². The highest BCUT2D eigenvalue weighted by Crippen LogP contribution is 2.26. The second-order valence-corrected chi connectivity index (χ2v) is 5.21. The Morgan fingerprint density at radius 1 is 1.35 bits per heavy atom. The molecule has 0 atom stereocenters.